The molecule has 22 heavy (non-hydrogen) atoms. The van der Waals surface area contributed by atoms with E-state index in [4.69, 9.17) is 9.47 Å². The van der Waals surface area contributed by atoms with Crippen LogP contribution in [0.5, 0.6) is 0 Å². The van der Waals surface area contributed by atoms with Crippen molar-refractivity contribution < 1.29 is 28.6 Å². The molecule has 0 aliphatic heterocycles. The van der Waals surface area contributed by atoms with Crippen LogP contribution in [0.4, 0.5) is 4.79 Å². The first kappa shape index (κ1) is 20.2. The van der Waals surface area contributed by atoms with E-state index in [2.05, 4.69) is 10.1 Å². The van der Waals surface area contributed by atoms with Gasteiger partial charge in [0, 0.05) is 6.42 Å². The Labute approximate surface area is 131 Å². The van der Waals surface area contributed by atoms with E-state index in [1.54, 1.807) is 13.8 Å². The van der Waals surface area contributed by atoms with E-state index in [1.165, 1.54) is 7.11 Å². The summed E-state index contributed by atoms with van der Waals surface area (Å²) >= 11 is 0. The third-order valence-corrected chi connectivity index (χ3v) is 2.88. The largest absolute Gasteiger partial charge is 0.467 e. The highest BCUT2D eigenvalue weighted by molar-refractivity contribution is 5.81. The molecule has 7 heteroatoms. The number of hydrogen-bond donors (Lipinski definition) is 1. The first-order chi connectivity index (χ1) is 10.4. The predicted octanol–water partition coefficient (Wildman–Crippen LogP) is 2.03. The van der Waals surface area contributed by atoms with Gasteiger partial charge >= 0.3 is 18.0 Å². The third kappa shape index (κ3) is 9.20. The molecule has 1 N–H and O–H groups in total. The van der Waals surface area contributed by atoms with Gasteiger partial charge in [0.25, 0.3) is 0 Å². The van der Waals surface area contributed by atoms with Crippen molar-refractivity contribution in [2.75, 3.05) is 20.3 Å². The molecule has 0 fully saturated rings. The average Bonchev–Trinajstić information content (AvgIpc) is 2.47. The molecular formula is C15H27NO6. The van der Waals surface area contributed by atoms with Gasteiger partial charge in [0.1, 0.15) is 6.04 Å². The second-order valence-electron chi connectivity index (χ2n) is 5.20. The third-order valence-electron chi connectivity index (χ3n) is 2.88. The maximum absolute atomic E-state index is 11.6. The summed E-state index contributed by atoms with van der Waals surface area (Å²) in [6.45, 7) is 6.02. The van der Waals surface area contributed by atoms with Gasteiger partial charge in [-0.3, -0.25) is 4.79 Å². The van der Waals surface area contributed by atoms with Crippen LogP contribution >= 0.6 is 0 Å². The van der Waals surface area contributed by atoms with Crippen LogP contribution < -0.4 is 5.32 Å². The molecule has 0 saturated heterocycles. The van der Waals surface area contributed by atoms with Crippen molar-refractivity contribution in [2.24, 2.45) is 5.92 Å². The molecule has 0 bridgehead atoms. The van der Waals surface area contributed by atoms with E-state index in [0.717, 1.165) is 6.42 Å². The second kappa shape index (κ2) is 11.8. The van der Waals surface area contributed by atoms with E-state index in [9.17, 15) is 14.4 Å². The normalized spacial score (nSPS) is 11.7. The summed E-state index contributed by atoms with van der Waals surface area (Å²) in [7, 11) is 1.27. The lowest BCUT2D eigenvalue weighted by molar-refractivity contribution is -0.144. The fourth-order valence-corrected chi connectivity index (χ4v) is 1.62. The monoisotopic (exact) mass is 317 g/mol. The van der Waals surface area contributed by atoms with Crippen molar-refractivity contribution >= 4 is 18.0 Å². The van der Waals surface area contributed by atoms with Crippen molar-refractivity contribution in [2.45, 2.75) is 52.5 Å². The minimum absolute atomic E-state index is 0.0991. The van der Waals surface area contributed by atoms with Crippen LogP contribution in [-0.4, -0.2) is 44.4 Å². The SMILES string of the molecule is CCCC(=O)OCCCCOC(=O)NC(C(=O)OC)C(C)C. The van der Waals surface area contributed by atoms with Crippen molar-refractivity contribution in [1.29, 1.82) is 0 Å². The van der Waals surface area contributed by atoms with E-state index < -0.39 is 18.1 Å². The molecule has 1 amide bonds. The zero-order valence-corrected chi connectivity index (χ0v) is 13.8. The van der Waals surface area contributed by atoms with Gasteiger partial charge in [0.05, 0.1) is 20.3 Å². The summed E-state index contributed by atoms with van der Waals surface area (Å²) in [5.41, 5.74) is 0. The first-order valence-electron chi connectivity index (χ1n) is 7.59. The van der Waals surface area contributed by atoms with Crippen LogP contribution in [0, 0.1) is 5.92 Å². The first-order valence-corrected chi connectivity index (χ1v) is 7.59. The number of ether oxygens (including phenoxy) is 3. The minimum Gasteiger partial charge on any atom is -0.467 e. The van der Waals surface area contributed by atoms with Gasteiger partial charge in [0.2, 0.25) is 0 Å². The lowest BCUT2D eigenvalue weighted by atomic mass is 10.1. The van der Waals surface area contributed by atoms with Gasteiger partial charge in [0.15, 0.2) is 0 Å². The Morgan fingerprint density at radius 1 is 1.05 bits per heavy atom. The second-order valence-corrected chi connectivity index (χ2v) is 5.20. The minimum atomic E-state index is -0.729. The molecule has 0 aromatic carbocycles. The van der Waals surface area contributed by atoms with Gasteiger partial charge in [-0.05, 0) is 25.2 Å². The summed E-state index contributed by atoms with van der Waals surface area (Å²) in [4.78, 5) is 34.2. The molecule has 0 rings (SSSR count). The van der Waals surface area contributed by atoms with E-state index >= 15 is 0 Å². The highest BCUT2D eigenvalue weighted by Gasteiger charge is 2.25. The highest BCUT2D eigenvalue weighted by Crippen LogP contribution is 2.04. The standard InChI is InChI=1S/C15H27NO6/c1-5-8-12(17)21-9-6-7-10-22-15(19)16-13(11(2)3)14(18)20-4/h11,13H,5-10H2,1-4H3,(H,16,19). The Bertz CT molecular complexity index is 356. The van der Waals surface area contributed by atoms with Crippen LogP contribution in [0.25, 0.3) is 0 Å². The number of esters is 2. The van der Waals surface area contributed by atoms with Crippen molar-refractivity contribution in [3.63, 3.8) is 0 Å². The van der Waals surface area contributed by atoms with E-state index in [-0.39, 0.29) is 18.5 Å². The summed E-state index contributed by atoms with van der Waals surface area (Å²) in [5.74, 6) is -0.813. The molecule has 0 heterocycles. The van der Waals surface area contributed by atoms with Crippen molar-refractivity contribution in [1.82, 2.24) is 5.32 Å². The number of nitrogens with one attached hydrogen (secondary N) is 1. The molecule has 0 saturated carbocycles. The molecule has 0 aliphatic carbocycles. The van der Waals surface area contributed by atoms with Crippen LogP contribution in [-0.2, 0) is 23.8 Å². The van der Waals surface area contributed by atoms with Crippen molar-refractivity contribution in [3.05, 3.63) is 0 Å². The van der Waals surface area contributed by atoms with Gasteiger partial charge in [-0.2, -0.15) is 0 Å². The maximum Gasteiger partial charge on any atom is 0.407 e. The van der Waals surface area contributed by atoms with E-state index in [0.29, 0.717) is 25.9 Å². The Morgan fingerprint density at radius 2 is 1.64 bits per heavy atom. The molecule has 128 valence electrons. The summed E-state index contributed by atoms with van der Waals surface area (Å²) < 4.78 is 14.6. The Kier molecular flexibility index (Phi) is 10.9. The zero-order valence-electron chi connectivity index (χ0n) is 13.8. The number of alkyl carbamates (subject to hydrolysis) is 1. The van der Waals surface area contributed by atoms with Gasteiger partial charge < -0.3 is 19.5 Å². The maximum atomic E-state index is 11.6. The number of carbonyl (C=O) groups is 3. The zero-order chi connectivity index (χ0) is 17.0. The molecule has 0 aromatic heterocycles. The van der Waals surface area contributed by atoms with Crippen LogP contribution in [0.1, 0.15) is 46.5 Å². The number of hydrogen-bond acceptors (Lipinski definition) is 6. The predicted molar refractivity (Wildman–Crippen MR) is 80.2 cm³/mol. The number of carbonyl (C=O) groups excluding carboxylic acids is 3. The number of amides is 1. The number of methoxy groups -OCH3 is 1. The lowest BCUT2D eigenvalue weighted by Gasteiger charge is -2.19. The Balaban J connectivity index is 3.81. The van der Waals surface area contributed by atoms with Gasteiger partial charge in [-0.1, -0.05) is 20.8 Å². The quantitative estimate of drug-likeness (QED) is 0.376. The molecule has 0 aromatic rings. The Hall–Kier alpha value is -1.79. The molecule has 0 radical (unpaired) electrons. The fourth-order valence-electron chi connectivity index (χ4n) is 1.62. The molecule has 0 aliphatic rings. The number of unbranched alkanes of at least 4 members (excludes halogenated alkanes) is 1. The van der Waals surface area contributed by atoms with Gasteiger partial charge in [-0.25, -0.2) is 9.59 Å². The fraction of sp³-hybridized carbons (Fsp3) is 0.800. The molecule has 7 nitrogen and oxygen atoms in total. The van der Waals surface area contributed by atoms with Crippen LogP contribution in [0.15, 0.2) is 0 Å². The summed E-state index contributed by atoms with van der Waals surface area (Å²) in [6, 6.07) is -0.729. The smallest absolute Gasteiger partial charge is 0.407 e. The topological polar surface area (TPSA) is 90.9 Å². The molecule has 1 atom stereocenters. The summed E-state index contributed by atoms with van der Waals surface area (Å²) in [6.07, 6.45) is 1.72. The van der Waals surface area contributed by atoms with E-state index in [1.807, 2.05) is 6.92 Å². The van der Waals surface area contributed by atoms with Crippen LogP contribution in [0.3, 0.4) is 0 Å². The molecule has 1 unspecified atom stereocenters. The highest BCUT2D eigenvalue weighted by atomic mass is 16.6. The average molecular weight is 317 g/mol. The number of rotatable bonds is 10. The van der Waals surface area contributed by atoms with Gasteiger partial charge in [-0.15, -0.1) is 0 Å². The summed E-state index contributed by atoms with van der Waals surface area (Å²) in [5, 5.41) is 2.47. The molecule has 0 spiro atoms. The Morgan fingerprint density at radius 3 is 2.14 bits per heavy atom. The van der Waals surface area contributed by atoms with Crippen molar-refractivity contribution in [3.8, 4) is 0 Å². The van der Waals surface area contributed by atoms with Crippen LogP contribution in [0.2, 0.25) is 0 Å². The lowest BCUT2D eigenvalue weighted by Crippen LogP contribution is -2.45. The molecular weight excluding hydrogens is 290 g/mol.